The summed E-state index contributed by atoms with van der Waals surface area (Å²) in [5.41, 5.74) is 0. The van der Waals surface area contributed by atoms with E-state index in [-0.39, 0.29) is 25.7 Å². The summed E-state index contributed by atoms with van der Waals surface area (Å²) in [5, 5.41) is 9.82. The molecule has 0 rings (SSSR count). The van der Waals surface area contributed by atoms with Crippen LogP contribution in [0.1, 0.15) is 71.6 Å². The van der Waals surface area contributed by atoms with Gasteiger partial charge in [0.05, 0.1) is 33.9 Å². The van der Waals surface area contributed by atoms with Crippen LogP contribution >= 0.6 is 7.82 Å². The summed E-state index contributed by atoms with van der Waals surface area (Å²) in [6.07, 6.45) is 21.6. The number of hydrogen-bond acceptors (Lipinski definition) is 9. The predicted molar refractivity (Wildman–Crippen MR) is 159 cm³/mol. The number of ether oxygens (including phenoxy) is 2. The summed E-state index contributed by atoms with van der Waals surface area (Å²) in [7, 11) is 1.09. The van der Waals surface area contributed by atoms with Gasteiger partial charge in [-0.3, -0.25) is 14.2 Å². The molecule has 0 heterocycles. The molecule has 0 spiro atoms. The highest BCUT2D eigenvalue weighted by molar-refractivity contribution is 7.45. The predicted octanol–water partition coefficient (Wildman–Crippen LogP) is 4.79. The highest BCUT2D eigenvalue weighted by atomic mass is 31.2. The van der Waals surface area contributed by atoms with Gasteiger partial charge in [0.2, 0.25) is 0 Å². The standard InChI is InChI=1S/C30H52NO9P/c1-6-7-17-20-28(33)21-18-15-13-11-9-8-10-12-14-16-19-22-30(34)37-25-29(40-27(2)32)26-39-41(35,36)38-24-23-31(3,4)5/h8-9,12-15,18,21,28-29,33H,6-7,10-11,16-17,19-20,22-26H2,1-5H3/b9-8-,14-12-,15-13-,21-18+/t28-,29-/m1/s1. The summed E-state index contributed by atoms with van der Waals surface area (Å²) in [6.45, 7) is 2.89. The molecule has 0 aliphatic carbocycles. The van der Waals surface area contributed by atoms with Gasteiger partial charge in [0.15, 0.2) is 6.10 Å². The minimum absolute atomic E-state index is 0.0524. The van der Waals surface area contributed by atoms with E-state index in [1.165, 1.54) is 6.92 Å². The number of likely N-dealkylation sites (N-methyl/N-ethyl adjacent to an activating group) is 1. The maximum atomic E-state index is 12.0. The van der Waals surface area contributed by atoms with Crippen molar-refractivity contribution in [1.29, 1.82) is 0 Å². The Labute approximate surface area is 246 Å². The molecular weight excluding hydrogens is 549 g/mol. The third kappa shape index (κ3) is 27.9. The van der Waals surface area contributed by atoms with Crippen LogP contribution in [0.2, 0.25) is 0 Å². The molecule has 0 aromatic carbocycles. The van der Waals surface area contributed by atoms with E-state index < -0.39 is 32.5 Å². The van der Waals surface area contributed by atoms with E-state index in [0.717, 1.165) is 38.5 Å². The lowest BCUT2D eigenvalue weighted by Gasteiger charge is -2.28. The van der Waals surface area contributed by atoms with E-state index in [2.05, 4.69) is 19.1 Å². The Morgan fingerprint density at radius 3 is 2.29 bits per heavy atom. The van der Waals surface area contributed by atoms with Crippen LogP contribution in [0.3, 0.4) is 0 Å². The molecule has 1 N–H and O–H groups in total. The molecule has 0 aromatic rings. The lowest BCUT2D eigenvalue weighted by Crippen LogP contribution is -2.37. The summed E-state index contributed by atoms with van der Waals surface area (Å²) in [4.78, 5) is 35.3. The Bertz CT molecular complexity index is 878. The van der Waals surface area contributed by atoms with Crippen molar-refractivity contribution in [3.8, 4) is 0 Å². The van der Waals surface area contributed by atoms with E-state index in [1.807, 2.05) is 57.6 Å². The molecule has 0 aromatic heterocycles. The Morgan fingerprint density at radius 1 is 0.951 bits per heavy atom. The van der Waals surface area contributed by atoms with E-state index in [1.54, 1.807) is 0 Å². The van der Waals surface area contributed by atoms with Gasteiger partial charge >= 0.3 is 11.9 Å². The van der Waals surface area contributed by atoms with Gasteiger partial charge in [0.25, 0.3) is 7.82 Å². The first kappa shape index (κ1) is 38.9. The molecule has 3 atom stereocenters. The molecule has 1 unspecified atom stereocenters. The molecule has 0 saturated heterocycles. The van der Waals surface area contributed by atoms with Gasteiger partial charge in [-0.15, -0.1) is 0 Å². The van der Waals surface area contributed by atoms with E-state index in [4.69, 9.17) is 18.5 Å². The number of aliphatic hydroxyl groups excluding tert-OH is 1. The third-order valence-electron chi connectivity index (χ3n) is 5.51. The van der Waals surface area contributed by atoms with Crippen molar-refractivity contribution < 1.29 is 47.2 Å². The second kappa shape index (κ2) is 23.5. The zero-order valence-electron chi connectivity index (χ0n) is 25.6. The van der Waals surface area contributed by atoms with Crippen LogP contribution in [0.4, 0.5) is 0 Å². The molecular formula is C30H52NO9P. The Balaban J connectivity index is 4.14. The molecule has 0 saturated carbocycles. The number of aliphatic hydroxyl groups is 1. The SMILES string of the molecule is CCCCC[C@@H](O)/C=C/C=C\C/C=C\C/C=C\CCCC(=O)OC[C@H](COP(=O)([O-])OCC[N+](C)(C)C)OC(C)=O. The molecule has 0 aliphatic heterocycles. The number of quaternary nitrogens is 1. The van der Waals surface area contributed by atoms with Crippen molar-refractivity contribution in [2.45, 2.75) is 83.8 Å². The summed E-state index contributed by atoms with van der Waals surface area (Å²) in [5.74, 6) is -1.13. The van der Waals surface area contributed by atoms with Crippen molar-refractivity contribution in [2.75, 3.05) is 47.5 Å². The number of phosphoric ester groups is 1. The van der Waals surface area contributed by atoms with Crippen LogP contribution in [0.5, 0.6) is 0 Å². The number of allylic oxidation sites excluding steroid dienone is 7. The van der Waals surface area contributed by atoms with E-state index in [9.17, 15) is 24.2 Å². The highest BCUT2D eigenvalue weighted by Gasteiger charge is 2.20. The van der Waals surface area contributed by atoms with Crippen LogP contribution in [0.15, 0.2) is 48.6 Å². The number of nitrogens with zero attached hydrogens (tertiary/aromatic N) is 1. The van der Waals surface area contributed by atoms with Gasteiger partial charge in [-0.05, 0) is 32.1 Å². The lowest BCUT2D eigenvalue weighted by atomic mass is 10.1. The topological polar surface area (TPSA) is 131 Å². The highest BCUT2D eigenvalue weighted by Crippen LogP contribution is 2.38. The number of carbonyl (C=O) groups is 2. The van der Waals surface area contributed by atoms with Crippen LogP contribution in [0, 0.1) is 0 Å². The molecule has 41 heavy (non-hydrogen) atoms. The van der Waals surface area contributed by atoms with E-state index in [0.29, 0.717) is 23.9 Å². The maximum Gasteiger partial charge on any atom is 0.305 e. The fourth-order valence-electron chi connectivity index (χ4n) is 3.22. The third-order valence-corrected chi connectivity index (χ3v) is 6.47. The number of carbonyl (C=O) groups excluding carboxylic acids is 2. The first-order chi connectivity index (χ1) is 19.3. The minimum Gasteiger partial charge on any atom is -0.756 e. The first-order valence-corrected chi connectivity index (χ1v) is 15.9. The fraction of sp³-hybridized carbons (Fsp3) is 0.667. The number of hydrogen-bond donors (Lipinski definition) is 1. The fourth-order valence-corrected chi connectivity index (χ4v) is 3.95. The van der Waals surface area contributed by atoms with Gasteiger partial charge in [-0.25, -0.2) is 0 Å². The minimum atomic E-state index is -4.59. The number of rotatable bonds is 24. The molecule has 0 fully saturated rings. The zero-order valence-corrected chi connectivity index (χ0v) is 26.5. The van der Waals surface area contributed by atoms with Crippen molar-refractivity contribution in [2.24, 2.45) is 0 Å². The molecule has 10 nitrogen and oxygen atoms in total. The van der Waals surface area contributed by atoms with Crippen LogP contribution in [-0.2, 0) is 32.7 Å². The van der Waals surface area contributed by atoms with Crippen molar-refractivity contribution in [3.05, 3.63) is 48.6 Å². The van der Waals surface area contributed by atoms with Crippen LogP contribution in [0.25, 0.3) is 0 Å². The molecule has 236 valence electrons. The van der Waals surface area contributed by atoms with Crippen molar-refractivity contribution in [1.82, 2.24) is 0 Å². The van der Waals surface area contributed by atoms with Gasteiger partial charge in [-0.2, -0.15) is 0 Å². The van der Waals surface area contributed by atoms with E-state index >= 15 is 0 Å². The summed E-state index contributed by atoms with van der Waals surface area (Å²) in [6, 6.07) is 0. The summed E-state index contributed by atoms with van der Waals surface area (Å²) >= 11 is 0. The Kier molecular flexibility index (Phi) is 22.3. The molecule has 0 radical (unpaired) electrons. The molecule has 0 bridgehead atoms. The monoisotopic (exact) mass is 601 g/mol. The Hall–Kier alpha value is -2.07. The lowest BCUT2D eigenvalue weighted by molar-refractivity contribution is -0.870. The second-order valence-corrected chi connectivity index (χ2v) is 12.1. The number of unbranched alkanes of at least 4 members (excludes halogenated alkanes) is 3. The average molecular weight is 602 g/mol. The number of phosphoric acid groups is 1. The Morgan fingerprint density at radius 2 is 1.63 bits per heavy atom. The van der Waals surface area contributed by atoms with Gasteiger partial charge in [0.1, 0.15) is 19.8 Å². The normalized spacial score (nSPS) is 15.6. The second-order valence-electron chi connectivity index (χ2n) is 10.7. The van der Waals surface area contributed by atoms with Crippen LogP contribution < -0.4 is 4.89 Å². The van der Waals surface area contributed by atoms with Crippen molar-refractivity contribution >= 4 is 19.8 Å². The smallest absolute Gasteiger partial charge is 0.305 e. The first-order valence-electron chi connectivity index (χ1n) is 14.4. The van der Waals surface area contributed by atoms with Gasteiger partial charge in [0, 0.05) is 13.3 Å². The largest absolute Gasteiger partial charge is 0.756 e. The van der Waals surface area contributed by atoms with Gasteiger partial charge < -0.3 is 33.0 Å². The summed E-state index contributed by atoms with van der Waals surface area (Å²) < 4.78 is 32.2. The molecule has 0 aliphatic rings. The van der Waals surface area contributed by atoms with Gasteiger partial charge in [-0.1, -0.05) is 74.8 Å². The maximum absolute atomic E-state index is 12.0. The molecule has 11 heteroatoms. The molecule has 0 amide bonds. The number of esters is 2. The van der Waals surface area contributed by atoms with Crippen LogP contribution in [-0.4, -0.2) is 81.2 Å². The average Bonchev–Trinajstić information content (AvgIpc) is 2.87. The zero-order chi connectivity index (χ0) is 31.0. The van der Waals surface area contributed by atoms with Crippen molar-refractivity contribution in [3.63, 3.8) is 0 Å². The quantitative estimate of drug-likeness (QED) is 0.0414.